The zero-order chi connectivity index (χ0) is 18.8. The first-order valence-corrected chi connectivity index (χ1v) is 9.14. The average molecular weight is 363 g/mol. The van der Waals surface area contributed by atoms with Gasteiger partial charge in [-0.1, -0.05) is 36.4 Å². The first-order valence-electron chi connectivity index (χ1n) is 9.14. The molecule has 138 valence electrons. The van der Waals surface area contributed by atoms with E-state index in [0.717, 1.165) is 41.4 Å². The van der Waals surface area contributed by atoms with Crippen molar-refractivity contribution in [3.05, 3.63) is 66.0 Å². The first kappa shape index (κ1) is 17.3. The van der Waals surface area contributed by atoms with Crippen LogP contribution < -0.4 is 0 Å². The molecule has 3 aromatic rings. The molecule has 0 saturated carbocycles. The van der Waals surface area contributed by atoms with Gasteiger partial charge in [0, 0.05) is 30.8 Å². The number of carbonyl (C=O) groups is 2. The Kier molecular flexibility index (Phi) is 4.62. The fourth-order valence-electron chi connectivity index (χ4n) is 3.81. The molecule has 0 spiro atoms. The number of nitrogens with zero attached hydrogens (tertiary/aromatic N) is 3. The minimum atomic E-state index is -0.916. The largest absolute Gasteiger partial charge is 0.480 e. The SMILES string of the molecule is O=C(O)Cn1ccc([C@H]2CCCN(C(=O)c3cccc4ccccc34)C2)n1. The fraction of sp³-hybridized carbons (Fsp3) is 0.286. The lowest BCUT2D eigenvalue weighted by atomic mass is 9.94. The highest BCUT2D eigenvalue weighted by atomic mass is 16.4. The highest BCUT2D eigenvalue weighted by Gasteiger charge is 2.27. The van der Waals surface area contributed by atoms with Crippen LogP contribution in [0.2, 0.25) is 0 Å². The van der Waals surface area contributed by atoms with Crippen LogP contribution in [0.3, 0.4) is 0 Å². The van der Waals surface area contributed by atoms with E-state index in [1.165, 1.54) is 4.68 Å². The Balaban J connectivity index is 1.55. The number of piperidine rings is 1. The van der Waals surface area contributed by atoms with E-state index in [1.807, 2.05) is 53.4 Å². The molecular formula is C21H21N3O3. The number of amides is 1. The summed E-state index contributed by atoms with van der Waals surface area (Å²) in [5.74, 6) is -0.741. The molecule has 1 amide bonds. The van der Waals surface area contributed by atoms with Crippen molar-refractivity contribution in [2.45, 2.75) is 25.3 Å². The Hall–Kier alpha value is -3.15. The monoisotopic (exact) mass is 363 g/mol. The third kappa shape index (κ3) is 3.56. The number of carbonyl (C=O) groups excluding carboxylic acids is 1. The lowest BCUT2D eigenvalue weighted by Gasteiger charge is -2.32. The number of fused-ring (bicyclic) bond motifs is 1. The number of hydrogen-bond donors (Lipinski definition) is 1. The van der Waals surface area contributed by atoms with Gasteiger partial charge in [0.15, 0.2) is 0 Å². The molecule has 4 rings (SSSR count). The van der Waals surface area contributed by atoms with E-state index in [4.69, 9.17) is 5.11 Å². The number of benzene rings is 2. The van der Waals surface area contributed by atoms with Gasteiger partial charge in [-0.2, -0.15) is 5.10 Å². The zero-order valence-electron chi connectivity index (χ0n) is 14.9. The topological polar surface area (TPSA) is 75.4 Å². The number of rotatable bonds is 4. The van der Waals surface area contributed by atoms with Gasteiger partial charge in [-0.05, 0) is 35.7 Å². The molecule has 1 aliphatic heterocycles. The van der Waals surface area contributed by atoms with Crippen molar-refractivity contribution >= 4 is 22.6 Å². The van der Waals surface area contributed by atoms with Crippen molar-refractivity contribution < 1.29 is 14.7 Å². The summed E-state index contributed by atoms with van der Waals surface area (Å²) < 4.78 is 1.43. The summed E-state index contributed by atoms with van der Waals surface area (Å²) in [7, 11) is 0. The Morgan fingerprint density at radius 1 is 1.11 bits per heavy atom. The number of likely N-dealkylation sites (tertiary alicyclic amines) is 1. The number of carboxylic acid groups (broad SMARTS) is 1. The summed E-state index contributed by atoms with van der Waals surface area (Å²) in [5, 5.41) is 15.3. The highest BCUT2D eigenvalue weighted by molar-refractivity contribution is 6.07. The van der Waals surface area contributed by atoms with Gasteiger partial charge >= 0.3 is 5.97 Å². The molecule has 0 radical (unpaired) electrons. The van der Waals surface area contributed by atoms with E-state index in [9.17, 15) is 9.59 Å². The Morgan fingerprint density at radius 3 is 2.78 bits per heavy atom. The van der Waals surface area contributed by atoms with Crippen LogP contribution in [0.25, 0.3) is 10.8 Å². The number of aromatic nitrogens is 2. The van der Waals surface area contributed by atoms with E-state index in [-0.39, 0.29) is 18.4 Å². The highest BCUT2D eigenvalue weighted by Crippen LogP contribution is 2.28. The van der Waals surface area contributed by atoms with Gasteiger partial charge in [-0.25, -0.2) is 0 Å². The summed E-state index contributed by atoms with van der Waals surface area (Å²) in [5.41, 5.74) is 1.58. The van der Waals surface area contributed by atoms with Crippen molar-refractivity contribution in [2.75, 3.05) is 13.1 Å². The van der Waals surface area contributed by atoms with Gasteiger partial charge in [0.05, 0.1) is 5.69 Å². The van der Waals surface area contributed by atoms with Crippen LogP contribution in [-0.2, 0) is 11.3 Å². The Labute approximate surface area is 157 Å². The second-order valence-corrected chi connectivity index (χ2v) is 6.95. The number of aliphatic carboxylic acids is 1. The smallest absolute Gasteiger partial charge is 0.325 e. The summed E-state index contributed by atoms with van der Waals surface area (Å²) in [6.07, 6.45) is 3.55. The fourth-order valence-corrected chi connectivity index (χ4v) is 3.81. The van der Waals surface area contributed by atoms with E-state index in [2.05, 4.69) is 5.10 Å². The summed E-state index contributed by atoms with van der Waals surface area (Å²) in [6.45, 7) is 1.19. The molecule has 6 heteroatoms. The first-order chi connectivity index (χ1) is 13.1. The van der Waals surface area contributed by atoms with Crippen LogP contribution in [-0.4, -0.2) is 44.8 Å². The third-order valence-corrected chi connectivity index (χ3v) is 5.11. The van der Waals surface area contributed by atoms with Gasteiger partial charge in [0.25, 0.3) is 5.91 Å². The quantitative estimate of drug-likeness (QED) is 0.773. The molecule has 1 N–H and O–H groups in total. The molecule has 1 saturated heterocycles. The second kappa shape index (κ2) is 7.23. The summed E-state index contributed by atoms with van der Waals surface area (Å²) in [6, 6.07) is 15.6. The summed E-state index contributed by atoms with van der Waals surface area (Å²) >= 11 is 0. The molecule has 1 atom stereocenters. The van der Waals surface area contributed by atoms with Crippen molar-refractivity contribution in [1.29, 1.82) is 0 Å². The van der Waals surface area contributed by atoms with Gasteiger partial charge < -0.3 is 10.0 Å². The van der Waals surface area contributed by atoms with Crippen LogP contribution in [0.4, 0.5) is 0 Å². The maximum atomic E-state index is 13.2. The van der Waals surface area contributed by atoms with E-state index >= 15 is 0 Å². The van der Waals surface area contributed by atoms with Crippen LogP contribution in [0.15, 0.2) is 54.7 Å². The van der Waals surface area contributed by atoms with E-state index in [0.29, 0.717) is 6.54 Å². The van der Waals surface area contributed by atoms with E-state index in [1.54, 1.807) is 6.20 Å². The van der Waals surface area contributed by atoms with Gasteiger partial charge in [0.2, 0.25) is 0 Å². The molecule has 1 aliphatic rings. The molecular weight excluding hydrogens is 342 g/mol. The Morgan fingerprint density at radius 2 is 1.93 bits per heavy atom. The van der Waals surface area contributed by atoms with Crippen molar-refractivity contribution in [3.63, 3.8) is 0 Å². The van der Waals surface area contributed by atoms with Crippen molar-refractivity contribution in [1.82, 2.24) is 14.7 Å². The molecule has 1 fully saturated rings. The average Bonchev–Trinajstić information content (AvgIpc) is 3.15. The van der Waals surface area contributed by atoms with Crippen LogP contribution in [0.1, 0.15) is 34.8 Å². The predicted molar refractivity (Wildman–Crippen MR) is 102 cm³/mol. The number of carboxylic acids is 1. The Bertz CT molecular complexity index is 990. The molecule has 27 heavy (non-hydrogen) atoms. The molecule has 2 aromatic carbocycles. The molecule has 0 bridgehead atoms. The van der Waals surface area contributed by atoms with E-state index < -0.39 is 5.97 Å². The minimum Gasteiger partial charge on any atom is -0.480 e. The third-order valence-electron chi connectivity index (χ3n) is 5.11. The van der Waals surface area contributed by atoms with Crippen LogP contribution in [0.5, 0.6) is 0 Å². The minimum absolute atomic E-state index is 0.0430. The molecule has 1 aromatic heterocycles. The van der Waals surface area contributed by atoms with Crippen LogP contribution in [0, 0.1) is 0 Å². The molecule has 2 heterocycles. The lowest BCUT2D eigenvalue weighted by molar-refractivity contribution is -0.137. The second-order valence-electron chi connectivity index (χ2n) is 6.95. The zero-order valence-corrected chi connectivity index (χ0v) is 14.9. The molecule has 0 unspecified atom stereocenters. The van der Waals surface area contributed by atoms with Gasteiger partial charge in [-0.15, -0.1) is 0 Å². The van der Waals surface area contributed by atoms with Gasteiger partial charge in [0.1, 0.15) is 6.54 Å². The lowest BCUT2D eigenvalue weighted by Crippen LogP contribution is -2.39. The maximum absolute atomic E-state index is 13.2. The standard InChI is InChI=1S/C21H21N3O3/c25-20(26)14-24-12-10-19(22-24)16-7-4-11-23(13-16)21(27)18-9-3-6-15-5-1-2-8-17(15)18/h1-3,5-6,8-10,12,16H,4,7,11,13-14H2,(H,25,26)/t16-/m0/s1. The van der Waals surface area contributed by atoms with Crippen LogP contribution >= 0.6 is 0 Å². The van der Waals surface area contributed by atoms with Crippen molar-refractivity contribution in [2.24, 2.45) is 0 Å². The molecule has 0 aliphatic carbocycles. The van der Waals surface area contributed by atoms with Crippen molar-refractivity contribution in [3.8, 4) is 0 Å². The normalized spacial score (nSPS) is 17.2. The summed E-state index contributed by atoms with van der Waals surface area (Å²) in [4.78, 5) is 25.9. The maximum Gasteiger partial charge on any atom is 0.325 e. The predicted octanol–water partition coefficient (Wildman–Crippen LogP) is 3.14. The number of hydrogen-bond acceptors (Lipinski definition) is 3. The molecule has 6 nitrogen and oxygen atoms in total. The van der Waals surface area contributed by atoms with Gasteiger partial charge in [-0.3, -0.25) is 14.3 Å².